The molecule has 2 rings (SSSR count). The third kappa shape index (κ3) is 1.68. The molecule has 0 amide bonds. The Morgan fingerprint density at radius 1 is 1.50 bits per heavy atom. The van der Waals surface area contributed by atoms with Gasteiger partial charge < -0.3 is 9.64 Å². The van der Waals surface area contributed by atoms with Crippen LogP contribution in [0.2, 0.25) is 0 Å². The van der Waals surface area contributed by atoms with Crippen LogP contribution >= 0.6 is 0 Å². The Bertz CT molecular complexity index is 353. The normalized spacial score (nSPS) is 16.4. The molecule has 0 atom stereocenters. The molecule has 14 heavy (non-hydrogen) atoms. The van der Waals surface area contributed by atoms with Gasteiger partial charge in [0.05, 0.1) is 18.8 Å². The summed E-state index contributed by atoms with van der Waals surface area (Å²) in [6.07, 6.45) is 1.59. The Morgan fingerprint density at radius 2 is 2.29 bits per heavy atom. The monoisotopic (exact) mass is 188 g/mol. The summed E-state index contributed by atoms with van der Waals surface area (Å²) in [6.45, 7) is 2.99. The molecule has 0 unspecified atom stereocenters. The molecule has 71 valence electrons. The highest BCUT2D eigenvalue weighted by molar-refractivity contribution is 5.53. The minimum absolute atomic E-state index is 0.578. The number of morpholine rings is 1. The van der Waals surface area contributed by atoms with E-state index in [1.807, 2.05) is 0 Å². The second kappa shape index (κ2) is 4.07. The molecule has 4 heteroatoms. The van der Waals surface area contributed by atoms with Gasteiger partial charge in [0.1, 0.15) is 11.9 Å². The van der Waals surface area contributed by atoms with Gasteiger partial charge in [0.25, 0.3) is 0 Å². The van der Waals surface area contributed by atoms with Crippen LogP contribution in [0.3, 0.4) is 0 Å². The molecule has 1 aromatic heterocycles. The molecule has 1 fully saturated rings. The zero-order valence-electron chi connectivity index (χ0n) is 7.73. The Morgan fingerprint density at radius 3 is 3.00 bits per heavy atom. The van der Waals surface area contributed by atoms with Crippen molar-refractivity contribution >= 4 is 5.82 Å². The van der Waals surface area contributed by atoms with Gasteiger partial charge in [-0.15, -0.1) is 0 Å². The van der Waals surface area contributed by atoms with E-state index >= 15 is 0 Å². The van der Waals surface area contributed by atoms with Crippen molar-refractivity contribution in [1.29, 1.82) is 5.26 Å². The Labute approximate surface area is 82.7 Å². The molecule has 2 heterocycles. The van der Waals surface area contributed by atoms with E-state index in [0.29, 0.717) is 18.8 Å². The number of nitrogens with zero attached hydrogens (tertiary/aromatic N) is 3. The summed E-state index contributed by atoms with van der Waals surface area (Å²) in [5.41, 5.74) is 0.578. The van der Waals surface area contributed by atoms with Crippen LogP contribution in [0.25, 0.3) is 0 Å². The van der Waals surface area contributed by atoms with E-state index in [0.717, 1.165) is 18.9 Å². The standard InChI is InChI=1S/C10H10N3O/c11-8-9-2-1-3-12-10(9)13-4-6-14-7-5-13/h2-3H,4-7H2. The maximum absolute atomic E-state index is 8.88. The van der Waals surface area contributed by atoms with Gasteiger partial charge in [-0.25, -0.2) is 4.98 Å². The average molecular weight is 188 g/mol. The number of aromatic nitrogens is 1. The molecule has 1 aliphatic heterocycles. The zero-order valence-corrected chi connectivity index (χ0v) is 7.73. The number of rotatable bonds is 1. The van der Waals surface area contributed by atoms with E-state index in [4.69, 9.17) is 10.00 Å². The van der Waals surface area contributed by atoms with Crippen LogP contribution < -0.4 is 4.90 Å². The van der Waals surface area contributed by atoms with Crippen molar-refractivity contribution in [3.05, 3.63) is 23.9 Å². The Kier molecular flexibility index (Phi) is 2.61. The fourth-order valence-corrected chi connectivity index (χ4v) is 1.46. The lowest BCUT2D eigenvalue weighted by Crippen LogP contribution is -2.37. The van der Waals surface area contributed by atoms with E-state index in [1.165, 1.54) is 0 Å². The highest BCUT2D eigenvalue weighted by Gasteiger charge is 2.15. The molecule has 1 radical (unpaired) electrons. The van der Waals surface area contributed by atoms with Gasteiger partial charge in [0.15, 0.2) is 0 Å². The summed E-state index contributed by atoms with van der Waals surface area (Å²) >= 11 is 0. The van der Waals surface area contributed by atoms with E-state index < -0.39 is 0 Å². The Balaban J connectivity index is 2.26. The van der Waals surface area contributed by atoms with Crippen molar-refractivity contribution in [3.8, 4) is 6.07 Å². The van der Waals surface area contributed by atoms with E-state index in [-0.39, 0.29) is 0 Å². The molecule has 0 aromatic carbocycles. The minimum atomic E-state index is 0.578. The topological polar surface area (TPSA) is 49.2 Å². The van der Waals surface area contributed by atoms with Crippen molar-refractivity contribution in [2.45, 2.75) is 0 Å². The van der Waals surface area contributed by atoms with Gasteiger partial charge in [-0.1, -0.05) is 0 Å². The summed E-state index contributed by atoms with van der Waals surface area (Å²) in [6, 6.07) is 6.58. The first-order valence-electron chi connectivity index (χ1n) is 4.50. The predicted octanol–water partition coefficient (Wildman–Crippen LogP) is 0.590. The maximum Gasteiger partial charge on any atom is 0.146 e. The summed E-state index contributed by atoms with van der Waals surface area (Å²) in [7, 11) is 0. The number of anilines is 1. The second-order valence-electron chi connectivity index (χ2n) is 3.02. The van der Waals surface area contributed by atoms with Crippen molar-refractivity contribution in [2.75, 3.05) is 31.2 Å². The molecule has 0 spiro atoms. The summed E-state index contributed by atoms with van der Waals surface area (Å²) in [4.78, 5) is 6.23. The Hall–Kier alpha value is -1.60. The first-order valence-corrected chi connectivity index (χ1v) is 4.50. The highest BCUT2D eigenvalue weighted by Crippen LogP contribution is 2.16. The number of hydrogen-bond donors (Lipinski definition) is 0. The lowest BCUT2D eigenvalue weighted by atomic mass is 10.2. The van der Waals surface area contributed by atoms with Crippen molar-refractivity contribution in [2.24, 2.45) is 0 Å². The van der Waals surface area contributed by atoms with Crippen LogP contribution in [-0.2, 0) is 4.74 Å². The van der Waals surface area contributed by atoms with Crippen molar-refractivity contribution in [1.82, 2.24) is 4.98 Å². The minimum Gasteiger partial charge on any atom is -0.378 e. The first-order chi connectivity index (χ1) is 6.92. The van der Waals surface area contributed by atoms with Crippen LogP contribution in [0, 0.1) is 17.4 Å². The van der Waals surface area contributed by atoms with Gasteiger partial charge in [-0.05, 0) is 6.07 Å². The molecule has 1 aliphatic rings. The average Bonchev–Trinajstić information content (AvgIpc) is 2.30. The molecule has 1 saturated heterocycles. The zero-order chi connectivity index (χ0) is 9.80. The largest absolute Gasteiger partial charge is 0.378 e. The van der Waals surface area contributed by atoms with Gasteiger partial charge in [0.2, 0.25) is 0 Å². The van der Waals surface area contributed by atoms with E-state index in [1.54, 1.807) is 12.3 Å². The molecule has 4 nitrogen and oxygen atoms in total. The lowest BCUT2D eigenvalue weighted by Gasteiger charge is -2.28. The van der Waals surface area contributed by atoms with Crippen LogP contribution in [0.15, 0.2) is 12.3 Å². The summed E-state index contributed by atoms with van der Waals surface area (Å²) in [5, 5.41) is 8.88. The molecule has 0 N–H and O–H groups in total. The first kappa shape index (κ1) is 8.97. The van der Waals surface area contributed by atoms with Crippen LogP contribution in [-0.4, -0.2) is 31.3 Å². The van der Waals surface area contributed by atoms with Crippen LogP contribution in [0.1, 0.15) is 5.56 Å². The van der Waals surface area contributed by atoms with E-state index in [2.05, 4.69) is 22.0 Å². The number of hydrogen-bond acceptors (Lipinski definition) is 4. The molecule has 1 aromatic rings. The van der Waals surface area contributed by atoms with Crippen molar-refractivity contribution in [3.63, 3.8) is 0 Å². The smallest absolute Gasteiger partial charge is 0.146 e. The third-order valence-electron chi connectivity index (χ3n) is 2.16. The SMILES string of the molecule is N#Cc1c[c]cnc1N1CCOCC1. The van der Waals surface area contributed by atoms with Gasteiger partial charge in [0, 0.05) is 25.4 Å². The summed E-state index contributed by atoms with van der Waals surface area (Å²) in [5.74, 6) is 0.745. The van der Waals surface area contributed by atoms with Gasteiger partial charge in [-0.3, -0.25) is 0 Å². The molecular weight excluding hydrogens is 178 g/mol. The summed E-state index contributed by atoms with van der Waals surface area (Å²) < 4.78 is 5.23. The maximum atomic E-state index is 8.88. The highest BCUT2D eigenvalue weighted by atomic mass is 16.5. The van der Waals surface area contributed by atoms with Crippen LogP contribution in [0.4, 0.5) is 5.82 Å². The molecular formula is C10H10N3O. The predicted molar refractivity (Wildman–Crippen MR) is 50.8 cm³/mol. The van der Waals surface area contributed by atoms with Gasteiger partial charge in [-0.2, -0.15) is 5.26 Å². The van der Waals surface area contributed by atoms with Crippen LogP contribution in [0.5, 0.6) is 0 Å². The molecule has 0 saturated carbocycles. The third-order valence-corrected chi connectivity index (χ3v) is 2.16. The second-order valence-corrected chi connectivity index (χ2v) is 3.02. The number of ether oxygens (including phenoxy) is 1. The number of nitriles is 1. The quantitative estimate of drug-likeness (QED) is 0.647. The number of pyridine rings is 1. The molecule has 0 aliphatic carbocycles. The lowest BCUT2D eigenvalue weighted by molar-refractivity contribution is 0.122. The fourth-order valence-electron chi connectivity index (χ4n) is 1.46. The molecule has 0 bridgehead atoms. The van der Waals surface area contributed by atoms with E-state index in [9.17, 15) is 0 Å². The fraction of sp³-hybridized carbons (Fsp3) is 0.400. The van der Waals surface area contributed by atoms with Gasteiger partial charge >= 0.3 is 0 Å². The van der Waals surface area contributed by atoms with Crippen molar-refractivity contribution < 1.29 is 4.74 Å².